The fourth-order valence-corrected chi connectivity index (χ4v) is 9.49. The second-order valence-electron chi connectivity index (χ2n) is 14.0. The summed E-state index contributed by atoms with van der Waals surface area (Å²) in [7, 11) is 0. The Labute approximate surface area is 208 Å². The van der Waals surface area contributed by atoms with E-state index in [4.69, 9.17) is 0 Å². The molecular weight excluding hydrogens is 420 g/mol. The van der Waals surface area contributed by atoms with Gasteiger partial charge in [-0.3, -0.25) is 4.79 Å². The molecule has 2 fully saturated rings. The van der Waals surface area contributed by atoms with Crippen molar-refractivity contribution in [1.82, 2.24) is 0 Å². The average molecular weight is 471 g/mol. The molecule has 0 heterocycles. The fraction of sp³-hybridized carbons (Fsp3) is 0.839. The van der Waals surface area contributed by atoms with Crippen molar-refractivity contribution in [3.63, 3.8) is 0 Å². The van der Waals surface area contributed by atoms with E-state index < -0.39 is 5.97 Å². The number of rotatable bonds is 6. The lowest BCUT2D eigenvalue weighted by atomic mass is 9.43. The molecule has 0 aliphatic heterocycles. The molecule has 0 amide bonds. The molecule has 0 aromatic carbocycles. The zero-order chi connectivity index (χ0) is 25.3. The third-order valence-corrected chi connectivity index (χ3v) is 12.2. The largest absolute Gasteiger partial charge is 0.481 e. The van der Waals surface area contributed by atoms with Crippen molar-refractivity contribution < 1.29 is 15.0 Å². The van der Waals surface area contributed by atoms with Crippen LogP contribution in [0.15, 0.2) is 23.3 Å². The summed E-state index contributed by atoms with van der Waals surface area (Å²) in [4.78, 5) is 12.5. The number of carboxylic acids is 1. The number of aliphatic hydroxyl groups is 1. The van der Waals surface area contributed by atoms with Crippen LogP contribution in [0.2, 0.25) is 0 Å². The van der Waals surface area contributed by atoms with E-state index in [1.165, 1.54) is 5.57 Å². The summed E-state index contributed by atoms with van der Waals surface area (Å²) in [5.74, 6) is 0.293. The lowest BCUT2D eigenvalue weighted by Gasteiger charge is -2.62. The summed E-state index contributed by atoms with van der Waals surface area (Å²) in [6.45, 7) is 20.5. The Morgan fingerprint density at radius 3 is 2.29 bits per heavy atom. The molecule has 2 saturated carbocycles. The molecule has 0 aromatic heterocycles. The fourth-order valence-electron chi connectivity index (χ4n) is 9.49. The van der Waals surface area contributed by atoms with Crippen molar-refractivity contribution in [2.24, 2.45) is 45.3 Å². The number of hydrogen-bond donors (Lipinski definition) is 2. The monoisotopic (exact) mass is 470 g/mol. The summed E-state index contributed by atoms with van der Waals surface area (Å²) in [6, 6.07) is 0. The highest BCUT2D eigenvalue weighted by atomic mass is 16.4. The van der Waals surface area contributed by atoms with Crippen molar-refractivity contribution in [3.05, 3.63) is 23.3 Å². The Balaban J connectivity index is 1.67. The van der Waals surface area contributed by atoms with E-state index in [-0.39, 0.29) is 39.6 Å². The van der Waals surface area contributed by atoms with Gasteiger partial charge in [0, 0.05) is 0 Å². The Bertz CT molecular complexity index is 881. The smallest absolute Gasteiger partial charge is 0.306 e. The SMILES string of the molecule is C=C(CCC(C(=O)O)C1CCC2(C)C3=C(CC[C@]12C)[C@@]1(C)CC[C@H](O)C(C)(C)C1CC3)C(C)C. The van der Waals surface area contributed by atoms with Gasteiger partial charge in [0.05, 0.1) is 12.0 Å². The van der Waals surface area contributed by atoms with Gasteiger partial charge in [-0.05, 0) is 104 Å². The van der Waals surface area contributed by atoms with Gasteiger partial charge in [-0.2, -0.15) is 0 Å². The Hall–Kier alpha value is -1.09. The minimum absolute atomic E-state index is 0.0426. The van der Waals surface area contributed by atoms with Crippen LogP contribution in [0.1, 0.15) is 113 Å². The van der Waals surface area contributed by atoms with Crippen LogP contribution in [0.4, 0.5) is 0 Å². The molecule has 3 nitrogen and oxygen atoms in total. The number of carbonyl (C=O) groups is 1. The lowest BCUT2D eigenvalue weighted by molar-refractivity contribution is -0.146. The van der Waals surface area contributed by atoms with Gasteiger partial charge < -0.3 is 10.2 Å². The van der Waals surface area contributed by atoms with Crippen LogP contribution < -0.4 is 0 Å². The molecule has 4 rings (SSSR count). The molecule has 4 aliphatic carbocycles. The van der Waals surface area contributed by atoms with Crippen molar-refractivity contribution in [1.29, 1.82) is 0 Å². The first-order valence-electron chi connectivity index (χ1n) is 14.0. The maximum atomic E-state index is 12.5. The molecule has 7 atom stereocenters. The average Bonchev–Trinajstić information content (AvgIpc) is 3.02. The van der Waals surface area contributed by atoms with E-state index in [0.717, 1.165) is 64.2 Å². The second-order valence-corrected chi connectivity index (χ2v) is 14.0. The highest BCUT2D eigenvalue weighted by Crippen LogP contribution is 2.72. The van der Waals surface area contributed by atoms with Crippen LogP contribution in [0.3, 0.4) is 0 Å². The number of aliphatic carboxylic acids is 1. The van der Waals surface area contributed by atoms with Gasteiger partial charge in [0.1, 0.15) is 0 Å². The minimum atomic E-state index is -0.606. The topological polar surface area (TPSA) is 57.5 Å². The third-order valence-electron chi connectivity index (χ3n) is 12.2. The maximum Gasteiger partial charge on any atom is 0.306 e. The molecule has 4 unspecified atom stereocenters. The van der Waals surface area contributed by atoms with E-state index >= 15 is 0 Å². The predicted octanol–water partition coefficient (Wildman–Crippen LogP) is 7.79. The van der Waals surface area contributed by atoms with Crippen molar-refractivity contribution in [2.75, 3.05) is 0 Å². The van der Waals surface area contributed by atoms with Crippen LogP contribution in [-0.4, -0.2) is 22.3 Å². The highest BCUT2D eigenvalue weighted by molar-refractivity contribution is 5.70. The number of fused-ring (bicyclic) bond motifs is 4. The van der Waals surface area contributed by atoms with E-state index in [1.807, 2.05) is 0 Å². The van der Waals surface area contributed by atoms with Crippen molar-refractivity contribution in [2.45, 2.75) is 119 Å². The Morgan fingerprint density at radius 2 is 1.68 bits per heavy atom. The van der Waals surface area contributed by atoms with Gasteiger partial charge in [-0.1, -0.05) is 71.8 Å². The van der Waals surface area contributed by atoms with Crippen LogP contribution in [0.25, 0.3) is 0 Å². The molecule has 0 bridgehead atoms. The first kappa shape index (κ1) is 26.0. The first-order valence-corrected chi connectivity index (χ1v) is 14.0. The lowest BCUT2D eigenvalue weighted by Crippen LogP contribution is -2.55. The summed E-state index contributed by atoms with van der Waals surface area (Å²) >= 11 is 0. The highest BCUT2D eigenvalue weighted by Gasteiger charge is 2.64. The third kappa shape index (κ3) is 3.58. The van der Waals surface area contributed by atoms with E-state index in [0.29, 0.717) is 11.8 Å². The van der Waals surface area contributed by atoms with Crippen LogP contribution in [0.5, 0.6) is 0 Å². The van der Waals surface area contributed by atoms with Gasteiger partial charge in [-0.15, -0.1) is 0 Å². The summed E-state index contributed by atoms with van der Waals surface area (Å²) in [5, 5.41) is 21.1. The van der Waals surface area contributed by atoms with Crippen LogP contribution in [0, 0.1) is 45.3 Å². The van der Waals surface area contributed by atoms with Gasteiger partial charge in [-0.25, -0.2) is 0 Å². The maximum absolute atomic E-state index is 12.5. The van der Waals surface area contributed by atoms with Crippen molar-refractivity contribution >= 4 is 5.97 Å². The number of carboxylic acid groups (broad SMARTS) is 1. The summed E-state index contributed by atoms with van der Waals surface area (Å²) in [5.41, 5.74) is 4.84. The minimum Gasteiger partial charge on any atom is -0.481 e. The second kappa shape index (κ2) is 8.49. The molecule has 4 aliphatic rings. The molecule has 3 heteroatoms. The Morgan fingerprint density at radius 1 is 1.00 bits per heavy atom. The molecule has 0 spiro atoms. The Kier molecular flexibility index (Phi) is 6.49. The predicted molar refractivity (Wildman–Crippen MR) is 139 cm³/mol. The molecular formula is C31H50O3. The van der Waals surface area contributed by atoms with Gasteiger partial charge in [0.25, 0.3) is 0 Å². The quantitative estimate of drug-likeness (QED) is 0.389. The molecule has 192 valence electrons. The van der Waals surface area contributed by atoms with E-state index in [1.54, 1.807) is 11.1 Å². The molecule has 0 radical (unpaired) electrons. The van der Waals surface area contributed by atoms with Crippen molar-refractivity contribution in [3.8, 4) is 0 Å². The molecule has 0 aromatic rings. The van der Waals surface area contributed by atoms with E-state index in [2.05, 4.69) is 55.0 Å². The molecule has 34 heavy (non-hydrogen) atoms. The number of hydrogen-bond acceptors (Lipinski definition) is 2. The van der Waals surface area contributed by atoms with Gasteiger partial charge in [0.2, 0.25) is 0 Å². The van der Waals surface area contributed by atoms with Gasteiger partial charge >= 0.3 is 5.97 Å². The van der Waals surface area contributed by atoms with E-state index in [9.17, 15) is 15.0 Å². The summed E-state index contributed by atoms with van der Waals surface area (Å²) < 4.78 is 0. The van der Waals surface area contributed by atoms with Gasteiger partial charge in [0.15, 0.2) is 0 Å². The standard InChI is InChI=1S/C31H50O3/c1-19(2)20(3)9-10-21(27(33)34)22-13-17-31(8)24-11-12-25-28(4,5)26(32)15-16-29(25,6)23(24)14-18-30(22,31)7/h19,21-22,25-26,32H,3,9-18H2,1-2,4-8H3,(H,33,34)/t21?,22?,25?,26-,29+,30+,31?/m0/s1. The number of aliphatic hydroxyl groups excluding tert-OH is 1. The first-order chi connectivity index (χ1) is 15.7. The molecule has 0 saturated heterocycles. The summed E-state index contributed by atoms with van der Waals surface area (Å²) in [6.07, 6.45) is 9.98. The van der Waals surface area contributed by atoms with Crippen LogP contribution >= 0.6 is 0 Å². The van der Waals surface area contributed by atoms with Crippen LogP contribution in [-0.2, 0) is 4.79 Å². The number of allylic oxidation sites excluding steroid dienone is 3. The zero-order valence-electron chi connectivity index (χ0n) is 23.0. The zero-order valence-corrected chi connectivity index (χ0v) is 23.0. The molecule has 2 N–H and O–H groups in total. The normalized spacial score (nSPS) is 42.1.